The van der Waals surface area contributed by atoms with Crippen molar-refractivity contribution in [3.8, 4) is 0 Å². The Balaban J connectivity index is 1.47. The molecule has 130 valence electrons. The van der Waals surface area contributed by atoms with E-state index in [2.05, 4.69) is 22.8 Å². The molecule has 0 radical (unpaired) electrons. The van der Waals surface area contributed by atoms with Crippen LogP contribution < -0.4 is 15.5 Å². The molecule has 0 spiro atoms. The van der Waals surface area contributed by atoms with Crippen LogP contribution in [0.2, 0.25) is 0 Å². The van der Waals surface area contributed by atoms with Gasteiger partial charge in [0.05, 0.1) is 0 Å². The van der Waals surface area contributed by atoms with Crippen LogP contribution >= 0.6 is 0 Å². The second kappa shape index (κ2) is 7.69. The fourth-order valence-electron chi connectivity index (χ4n) is 3.67. The quantitative estimate of drug-likeness (QED) is 0.892. The summed E-state index contributed by atoms with van der Waals surface area (Å²) in [6.07, 6.45) is 8.13. The monoisotopic (exact) mass is 329 g/mol. The van der Waals surface area contributed by atoms with Crippen LogP contribution in [0.3, 0.4) is 0 Å². The predicted octanol–water partition coefficient (Wildman–Crippen LogP) is 2.77. The van der Waals surface area contributed by atoms with Crippen molar-refractivity contribution in [1.29, 1.82) is 0 Å². The summed E-state index contributed by atoms with van der Waals surface area (Å²) in [6, 6.07) is 6.53. The lowest BCUT2D eigenvalue weighted by Crippen LogP contribution is -2.43. The van der Waals surface area contributed by atoms with Crippen LogP contribution in [0.15, 0.2) is 18.2 Å². The van der Waals surface area contributed by atoms with Crippen molar-refractivity contribution in [1.82, 2.24) is 10.6 Å². The second-order valence-electron chi connectivity index (χ2n) is 6.90. The number of anilines is 1. The molecular weight excluding hydrogens is 302 g/mol. The number of hydrogen-bond acceptors (Lipinski definition) is 2. The topological polar surface area (TPSA) is 61.4 Å². The van der Waals surface area contributed by atoms with Gasteiger partial charge in [-0.2, -0.15) is 0 Å². The Morgan fingerprint density at radius 3 is 2.79 bits per heavy atom. The van der Waals surface area contributed by atoms with Gasteiger partial charge in [0.25, 0.3) is 0 Å². The Morgan fingerprint density at radius 2 is 2.00 bits per heavy atom. The van der Waals surface area contributed by atoms with Gasteiger partial charge in [-0.15, -0.1) is 0 Å². The maximum Gasteiger partial charge on any atom is 0.315 e. The van der Waals surface area contributed by atoms with Crippen LogP contribution in [-0.2, 0) is 17.6 Å². The summed E-state index contributed by atoms with van der Waals surface area (Å²) in [6.45, 7) is 0.631. The Hall–Kier alpha value is -2.04. The Kier molecular flexibility index (Phi) is 5.38. The minimum absolute atomic E-state index is 0.0507. The molecule has 5 nitrogen and oxygen atoms in total. The zero-order chi connectivity index (χ0) is 16.9. The number of urea groups is 1. The fraction of sp³-hybridized carbons (Fsp3) is 0.579. The minimum Gasteiger partial charge on any atom is -0.338 e. The highest BCUT2D eigenvalue weighted by atomic mass is 16.2. The van der Waals surface area contributed by atoms with E-state index in [1.807, 2.05) is 13.1 Å². The molecule has 1 fully saturated rings. The third-order valence-corrected chi connectivity index (χ3v) is 5.13. The molecule has 5 heteroatoms. The highest BCUT2D eigenvalue weighted by Crippen LogP contribution is 2.27. The van der Waals surface area contributed by atoms with Crippen LogP contribution in [0, 0.1) is 0 Å². The lowest BCUT2D eigenvalue weighted by molar-refractivity contribution is -0.118. The number of rotatable bonds is 4. The third kappa shape index (κ3) is 4.08. The van der Waals surface area contributed by atoms with Crippen LogP contribution in [0.4, 0.5) is 10.5 Å². The summed E-state index contributed by atoms with van der Waals surface area (Å²) in [7, 11) is 1.83. The minimum atomic E-state index is -0.0507. The first-order valence-corrected chi connectivity index (χ1v) is 9.06. The van der Waals surface area contributed by atoms with Gasteiger partial charge in [-0.1, -0.05) is 31.4 Å². The summed E-state index contributed by atoms with van der Waals surface area (Å²) in [5.74, 6) is 0.177. The number of benzene rings is 1. The standard InChI is InChI=1S/C19H27N3O2/c1-22-17-9-7-14(13-15(17)8-10-18(22)23)11-12-20-19(24)21-16-5-3-2-4-6-16/h7,9,13,16H,2-6,8,10-12H2,1H3,(H2,20,21,24). The van der Waals surface area contributed by atoms with Crippen LogP contribution in [-0.4, -0.2) is 31.6 Å². The molecule has 1 saturated carbocycles. The maximum absolute atomic E-state index is 11.9. The van der Waals surface area contributed by atoms with Gasteiger partial charge >= 0.3 is 6.03 Å². The second-order valence-corrected chi connectivity index (χ2v) is 6.90. The first-order valence-electron chi connectivity index (χ1n) is 9.06. The van der Waals surface area contributed by atoms with Crippen molar-refractivity contribution in [3.63, 3.8) is 0 Å². The summed E-state index contributed by atoms with van der Waals surface area (Å²) >= 11 is 0. The molecule has 3 amide bonds. The van der Waals surface area contributed by atoms with Crippen molar-refractivity contribution >= 4 is 17.6 Å². The van der Waals surface area contributed by atoms with Crippen LogP contribution in [0.1, 0.15) is 49.7 Å². The smallest absolute Gasteiger partial charge is 0.315 e. The lowest BCUT2D eigenvalue weighted by atomic mass is 9.96. The molecular formula is C19H27N3O2. The van der Waals surface area contributed by atoms with Gasteiger partial charge in [-0.3, -0.25) is 4.79 Å². The number of nitrogens with zero attached hydrogens (tertiary/aromatic N) is 1. The molecule has 0 saturated heterocycles. The number of carbonyl (C=O) groups is 2. The van der Waals surface area contributed by atoms with Gasteiger partial charge in [0.15, 0.2) is 0 Å². The molecule has 0 bridgehead atoms. The molecule has 1 aliphatic carbocycles. The van der Waals surface area contributed by atoms with Gasteiger partial charge < -0.3 is 15.5 Å². The Morgan fingerprint density at radius 1 is 1.21 bits per heavy atom. The first-order chi connectivity index (χ1) is 11.6. The molecule has 24 heavy (non-hydrogen) atoms. The lowest BCUT2D eigenvalue weighted by Gasteiger charge is -2.26. The molecule has 3 rings (SSSR count). The van der Waals surface area contributed by atoms with Gasteiger partial charge in [0.1, 0.15) is 0 Å². The van der Waals surface area contributed by atoms with Crippen molar-refractivity contribution in [3.05, 3.63) is 29.3 Å². The van der Waals surface area contributed by atoms with Crippen molar-refractivity contribution in [2.75, 3.05) is 18.5 Å². The average Bonchev–Trinajstić information content (AvgIpc) is 2.59. The number of amides is 3. The zero-order valence-corrected chi connectivity index (χ0v) is 14.4. The molecule has 1 aliphatic heterocycles. The van der Waals surface area contributed by atoms with Crippen LogP contribution in [0.5, 0.6) is 0 Å². The molecule has 2 N–H and O–H groups in total. The number of nitrogens with one attached hydrogen (secondary N) is 2. The molecule has 0 aromatic heterocycles. The Labute approximate surface area is 143 Å². The van der Waals surface area contributed by atoms with Gasteiger partial charge in [0.2, 0.25) is 5.91 Å². The zero-order valence-electron chi connectivity index (χ0n) is 14.4. The number of aryl methyl sites for hydroxylation is 1. The molecule has 1 aromatic rings. The first kappa shape index (κ1) is 16.8. The highest BCUT2D eigenvalue weighted by Gasteiger charge is 2.20. The van der Waals surface area contributed by atoms with E-state index in [9.17, 15) is 9.59 Å². The number of fused-ring (bicyclic) bond motifs is 1. The average molecular weight is 329 g/mol. The van der Waals surface area contributed by atoms with E-state index in [1.54, 1.807) is 4.90 Å². The van der Waals surface area contributed by atoms with E-state index in [-0.39, 0.29) is 11.9 Å². The van der Waals surface area contributed by atoms with E-state index >= 15 is 0 Å². The molecule has 2 aliphatic rings. The molecule has 1 heterocycles. The molecule has 0 unspecified atom stereocenters. The largest absolute Gasteiger partial charge is 0.338 e. The summed E-state index contributed by atoms with van der Waals surface area (Å²) in [4.78, 5) is 25.4. The third-order valence-electron chi connectivity index (χ3n) is 5.13. The molecule has 1 aromatic carbocycles. The van der Waals surface area contributed by atoms with Gasteiger partial charge in [0, 0.05) is 31.7 Å². The van der Waals surface area contributed by atoms with E-state index in [1.165, 1.54) is 30.4 Å². The van der Waals surface area contributed by atoms with Crippen molar-refractivity contribution in [2.45, 2.75) is 57.4 Å². The van der Waals surface area contributed by atoms with Gasteiger partial charge in [-0.05, 0) is 42.9 Å². The van der Waals surface area contributed by atoms with E-state index < -0.39 is 0 Å². The van der Waals surface area contributed by atoms with E-state index in [0.717, 1.165) is 31.4 Å². The normalized spacial score (nSPS) is 18.2. The predicted molar refractivity (Wildman–Crippen MR) is 95.3 cm³/mol. The highest BCUT2D eigenvalue weighted by molar-refractivity contribution is 5.95. The van der Waals surface area contributed by atoms with Crippen molar-refractivity contribution in [2.24, 2.45) is 0 Å². The van der Waals surface area contributed by atoms with Gasteiger partial charge in [-0.25, -0.2) is 4.79 Å². The van der Waals surface area contributed by atoms with E-state index in [4.69, 9.17) is 0 Å². The van der Waals surface area contributed by atoms with Crippen molar-refractivity contribution < 1.29 is 9.59 Å². The summed E-state index contributed by atoms with van der Waals surface area (Å²) in [5.41, 5.74) is 3.44. The summed E-state index contributed by atoms with van der Waals surface area (Å²) < 4.78 is 0. The Bertz CT molecular complexity index is 609. The number of hydrogen-bond donors (Lipinski definition) is 2. The maximum atomic E-state index is 11.9. The SMILES string of the molecule is CN1C(=O)CCc2cc(CCNC(=O)NC3CCCCC3)ccc21. The van der Waals surface area contributed by atoms with Crippen LogP contribution in [0.25, 0.3) is 0 Å². The molecule has 0 atom stereocenters. The van der Waals surface area contributed by atoms with E-state index in [0.29, 0.717) is 19.0 Å². The fourth-order valence-corrected chi connectivity index (χ4v) is 3.67. The summed E-state index contributed by atoms with van der Waals surface area (Å²) in [5, 5.41) is 6.03. The number of carbonyl (C=O) groups excluding carboxylic acids is 2.